The van der Waals surface area contributed by atoms with Crippen LogP contribution < -0.4 is 4.31 Å². The highest BCUT2D eigenvalue weighted by Crippen LogP contribution is 2.43. The normalized spacial score (nSPS) is 26.5. The van der Waals surface area contributed by atoms with Crippen LogP contribution in [0.25, 0.3) is 10.9 Å². The van der Waals surface area contributed by atoms with Crippen LogP contribution in [0, 0.1) is 0 Å². The Morgan fingerprint density at radius 3 is 2.69 bits per heavy atom. The molecule has 0 bridgehead atoms. The van der Waals surface area contributed by atoms with E-state index in [1.165, 1.54) is 4.31 Å². The SMILES string of the molecule is O=S1(=O)N(c2ccccc2)CC(O)C12CCN(Cc1cnc3ccccc3c1)C2. The first-order valence-electron chi connectivity index (χ1n) is 9.81. The molecule has 7 heteroatoms. The van der Waals surface area contributed by atoms with E-state index in [9.17, 15) is 13.5 Å². The number of fused-ring (bicyclic) bond motifs is 1. The van der Waals surface area contributed by atoms with Gasteiger partial charge >= 0.3 is 0 Å². The summed E-state index contributed by atoms with van der Waals surface area (Å²) >= 11 is 0. The molecule has 2 aliphatic heterocycles. The average Bonchev–Trinajstić information content (AvgIpc) is 3.25. The van der Waals surface area contributed by atoms with Gasteiger partial charge in [-0.1, -0.05) is 36.4 Å². The number of β-amino-alcohol motifs (C(OH)–C–C–N with tert-alkyl or cyclic N) is 1. The molecule has 1 N–H and O–H groups in total. The fourth-order valence-electron chi connectivity index (χ4n) is 4.61. The van der Waals surface area contributed by atoms with E-state index in [2.05, 4.69) is 16.0 Å². The molecule has 2 aromatic carbocycles. The highest BCUT2D eigenvalue weighted by molar-refractivity contribution is 7.94. The predicted molar refractivity (Wildman–Crippen MR) is 113 cm³/mol. The first-order valence-corrected chi connectivity index (χ1v) is 11.3. The number of nitrogens with zero attached hydrogens (tertiary/aromatic N) is 3. The van der Waals surface area contributed by atoms with Gasteiger partial charge in [0.2, 0.25) is 10.0 Å². The number of para-hydroxylation sites is 2. The highest BCUT2D eigenvalue weighted by Gasteiger charge is 2.61. The van der Waals surface area contributed by atoms with Gasteiger partial charge in [0.1, 0.15) is 4.75 Å². The molecule has 2 fully saturated rings. The van der Waals surface area contributed by atoms with Crippen molar-refractivity contribution in [1.29, 1.82) is 0 Å². The van der Waals surface area contributed by atoms with E-state index in [0.717, 1.165) is 16.5 Å². The number of anilines is 1. The summed E-state index contributed by atoms with van der Waals surface area (Å²) in [6.45, 7) is 1.68. The van der Waals surface area contributed by atoms with E-state index < -0.39 is 20.9 Å². The molecular weight excluding hydrogens is 386 g/mol. The molecule has 0 saturated carbocycles. The van der Waals surface area contributed by atoms with Crippen LogP contribution in [0.3, 0.4) is 0 Å². The van der Waals surface area contributed by atoms with Crippen molar-refractivity contribution in [2.45, 2.75) is 23.8 Å². The summed E-state index contributed by atoms with van der Waals surface area (Å²) in [5, 5.41) is 11.9. The summed E-state index contributed by atoms with van der Waals surface area (Å²) in [5.41, 5.74) is 2.60. The van der Waals surface area contributed by atoms with Crippen molar-refractivity contribution in [1.82, 2.24) is 9.88 Å². The minimum absolute atomic E-state index is 0.109. The zero-order valence-corrected chi connectivity index (χ0v) is 16.8. The lowest BCUT2D eigenvalue weighted by atomic mass is 10.0. The molecule has 5 rings (SSSR count). The molecule has 2 atom stereocenters. The quantitative estimate of drug-likeness (QED) is 0.719. The zero-order valence-electron chi connectivity index (χ0n) is 16.0. The van der Waals surface area contributed by atoms with Gasteiger partial charge in [-0.05, 0) is 36.2 Å². The molecule has 1 spiro atoms. The second-order valence-electron chi connectivity index (χ2n) is 7.95. The van der Waals surface area contributed by atoms with Crippen LogP contribution in [0.1, 0.15) is 12.0 Å². The van der Waals surface area contributed by atoms with Crippen LogP contribution in [0.5, 0.6) is 0 Å². The molecule has 6 nitrogen and oxygen atoms in total. The Morgan fingerprint density at radius 2 is 1.86 bits per heavy atom. The number of benzene rings is 2. The largest absolute Gasteiger partial charge is 0.389 e. The fourth-order valence-corrected chi connectivity index (χ4v) is 6.90. The summed E-state index contributed by atoms with van der Waals surface area (Å²) in [4.78, 5) is 6.62. The molecule has 0 amide bonds. The molecule has 2 aliphatic rings. The van der Waals surface area contributed by atoms with Gasteiger partial charge < -0.3 is 5.11 Å². The maximum atomic E-state index is 13.4. The first kappa shape index (κ1) is 18.5. The lowest BCUT2D eigenvalue weighted by Crippen LogP contribution is -2.47. The molecule has 0 radical (unpaired) electrons. The van der Waals surface area contributed by atoms with Crippen molar-refractivity contribution in [3.8, 4) is 0 Å². The molecule has 2 saturated heterocycles. The smallest absolute Gasteiger partial charge is 0.244 e. The van der Waals surface area contributed by atoms with Crippen molar-refractivity contribution in [2.75, 3.05) is 23.9 Å². The standard InChI is InChI=1S/C22H23N3O3S/c26-21-15-25(19-7-2-1-3-8-19)29(27,28)22(21)10-11-24(16-22)14-17-12-18-6-4-5-9-20(18)23-13-17/h1-9,12-13,21,26H,10-11,14-16H2. The molecule has 3 aromatic rings. The maximum Gasteiger partial charge on any atom is 0.244 e. The lowest BCUT2D eigenvalue weighted by Gasteiger charge is -2.27. The van der Waals surface area contributed by atoms with Crippen LogP contribution >= 0.6 is 0 Å². The van der Waals surface area contributed by atoms with Gasteiger partial charge in [0.25, 0.3) is 0 Å². The summed E-state index contributed by atoms with van der Waals surface area (Å²) in [7, 11) is -3.66. The summed E-state index contributed by atoms with van der Waals surface area (Å²) < 4.78 is 27.1. The van der Waals surface area contributed by atoms with Crippen molar-refractivity contribution < 1.29 is 13.5 Å². The Balaban J connectivity index is 1.39. The third-order valence-corrected chi connectivity index (χ3v) is 8.76. The summed E-state index contributed by atoms with van der Waals surface area (Å²) in [6, 6.07) is 19.1. The number of aliphatic hydroxyl groups is 1. The third kappa shape index (κ3) is 2.92. The lowest BCUT2D eigenvalue weighted by molar-refractivity contribution is 0.143. The molecule has 29 heavy (non-hydrogen) atoms. The predicted octanol–water partition coefficient (Wildman–Crippen LogP) is 2.39. The van der Waals surface area contributed by atoms with Crippen molar-refractivity contribution in [3.05, 3.63) is 72.4 Å². The van der Waals surface area contributed by atoms with Gasteiger partial charge in [-0.3, -0.25) is 14.2 Å². The first-order chi connectivity index (χ1) is 14.0. The van der Waals surface area contributed by atoms with Crippen LogP contribution in [0.4, 0.5) is 5.69 Å². The van der Waals surface area contributed by atoms with Crippen LogP contribution in [0.2, 0.25) is 0 Å². The summed E-state index contributed by atoms with van der Waals surface area (Å²) in [6.07, 6.45) is 1.37. The van der Waals surface area contributed by atoms with Crippen LogP contribution in [-0.4, -0.2) is 53.9 Å². The van der Waals surface area contributed by atoms with Crippen LogP contribution in [-0.2, 0) is 16.6 Å². The van der Waals surface area contributed by atoms with E-state index in [0.29, 0.717) is 31.7 Å². The van der Waals surface area contributed by atoms with Gasteiger partial charge in [0, 0.05) is 31.2 Å². The van der Waals surface area contributed by atoms with Gasteiger partial charge in [-0.2, -0.15) is 0 Å². The van der Waals surface area contributed by atoms with E-state index in [4.69, 9.17) is 0 Å². The number of hydrogen-bond donors (Lipinski definition) is 1. The molecule has 150 valence electrons. The number of aromatic nitrogens is 1. The highest BCUT2D eigenvalue weighted by atomic mass is 32.2. The van der Waals surface area contributed by atoms with E-state index in [1.54, 1.807) is 12.1 Å². The minimum atomic E-state index is -3.66. The molecule has 0 aliphatic carbocycles. The molecule has 1 aromatic heterocycles. The number of hydrogen-bond acceptors (Lipinski definition) is 5. The Hall–Kier alpha value is -2.48. The topological polar surface area (TPSA) is 73.7 Å². The van der Waals surface area contributed by atoms with Gasteiger partial charge in [-0.25, -0.2) is 8.42 Å². The number of aliphatic hydroxyl groups excluding tert-OH is 1. The van der Waals surface area contributed by atoms with E-state index in [-0.39, 0.29) is 6.54 Å². The molecule has 3 heterocycles. The Labute approximate surface area is 170 Å². The number of rotatable bonds is 3. The number of likely N-dealkylation sites (tertiary alicyclic amines) is 1. The zero-order chi connectivity index (χ0) is 20.1. The van der Waals surface area contributed by atoms with Gasteiger partial charge in [-0.15, -0.1) is 0 Å². The Bertz CT molecular complexity index is 1150. The fraction of sp³-hybridized carbons (Fsp3) is 0.318. The number of sulfonamides is 1. The average molecular weight is 410 g/mol. The Morgan fingerprint density at radius 1 is 1.10 bits per heavy atom. The third-order valence-electron chi connectivity index (χ3n) is 6.19. The van der Waals surface area contributed by atoms with E-state index in [1.807, 2.05) is 48.7 Å². The van der Waals surface area contributed by atoms with Crippen LogP contribution in [0.15, 0.2) is 66.9 Å². The Kier molecular flexibility index (Phi) is 4.34. The summed E-state index contributed by atoms with van der Waals surface area (Å²) in [5.74, 6) is 0. The monoisotopic (exact) mass is 409 g/mol. The van der Waals surface area contributed by atoms with Crippen molar-refractivity contribution in [3.63, 3.8) is 0 Å². The molecular formula is C22H23N3O3S. The number of pyridine rings is 1. The second-order valence-corrected chi connectivity index (χ2v) is 10.2. The van der Waals surface area contributed by atoms with E-state index >= 15 is 0 Å². The maximum absolute atomic E-state index is 13.4. The van der Waals surface area contributed by atoms with Crippen molar-refractivity contribution in [2.24, 2.45) is 0 Å². The molecule has 2 unspecified atom stereocenters. The minimum Gasteiger partial charge on any atom is -0.389 e. The van der Waals surface area contributed by atoms with Gasteiger partial charge in [0.05, 0.1) is 23.9 Å². The van der Waals surface area contributed by atoms with Crippen molar-refractivity contribution >= 4 is 26.6 Å². The second kappa shape index (κ2) is 6.79. The van der Waals surface area contributed by atoms with Gasteiger partial charge in [0.15, 0.2) is 0 Å².